The summed E-state index contributed by atoms with van der Waals surface area (Å²) in [4.78, 5) is 26.6. The molecule has 1 saturated heterocycles. The number of unbranched alkanes of at least 4 members (excludes halogenated alkanes) is 1. The van der Waals surface area contributed by atoms with Gasteiger partial charge in [-0.05, 0) is 57.9 Å². The van der Waals surface area contributed by atoms with Crippen LogP contribution in [-0.4, -0.2) is 54.4 Å². The molecule has 7 nitrogen and oxygen atoms in total. The molecule has 7 heteroatoms. The van der Waals surface area contributed by atoms with Gasteiger partial charge in [0.1, 0.15) is 12.2 Å². The van der Waals surface area contributed by atoms with Crippen molar-refractivity contribution in [3.63, 3.8) is 0 Å². The molecule has 1 aliphatic heterocycles. The molecule has 0 saturated carbocycles. The molecule has 0 aliphatic carbocycles. The number of nitrogens with one attached hydrogen (secondary N) is 2. The van der Waals surface area contributed by atoms with E-state index in [0.717, 1.165) is 37.8 Å². The van der Waals surface area contributed by atoms with Crippen molar-refractivity contribution in [2.45, 2.75) is 84.6 Å². The highest BCUT2D eigenvalue weighted by Crippen LogP contribution is 2.19. The smallest absolute Gasteiger partial charge is 0.410 e. The molecule has 2 atom stereocenters. The predicted molar refractivity (Wildman–Crippen MR) is 126 cm³/mol. The summed E-state index contributed by atoms with van der Waals surface area (Å²) < 4.78 is 10.9. The third-order valence-electron chi connectivity index (χ3n) is 5.33. The van der Waals surface area contributed by atoms with Crippen molar-refractivity contribution >= 4 is 12.2 Å². The van der Waals surface area contributed by atoms with Crippen molar-refractivity contribution in [2.75, 3.05) is 19.6 Å². The second kappa shape index (κ2) is 12.7. The quantitative estimate of drug-likeness (QED) is 0.536. The van der Waals surface area contributed by atoms with Crippen LogP contribution >= 0.6 is 0 Å². The third-order valence-corrected chi connectivity index (χ3v) is 5.33. The molecule has 180 valence electrons. The molecule has 0 bridgehead atoms. The molecule has 32 heavy (non-hydrogen) atoms. The van der Waals surface area contributed by atoms with Gasteiger partial charge in [-0.25, -0.2) is 9.59 Å². The van der Waals surface area contributed by atoms with E-state index in [0.29, 0.717) is 19.0 Å². The number of nitrogens with zero attached hydrogens (tertiary/aromatic N) is 1. The van der Waals surface area contributed by atoms with E-state index in [-0.39, 0.29) is 30.9 Å². The summed E-state index contributed by atoms with van der Waals surface area (Å²) >= 11 is 0. The van der Waals surface area contributed by atoms with Crippen molar-refractivity contribution in [1.82, 2.24) is 15.5 Å². The minimum Gasteiger partial charge on any atom is -0.445 e. The first-order chi connectivity index (χ1) is 15.1. The fourth-order valence-electron chi connectivity index (χ4n) is 3.88. The van der Waals surface area contributed by atoms with Crippen LogP contribution in [0.4, 0.5) is 9.59 Å². The molecule has 0 spiro atoms. The second-order valence-corrected chi connectivity index (χ2v) is 10.0. The van der Waals surface area contributed by atoms with Gasteiger partial charge in [-0.3, -0.25) is 0 Å². The molecular formula is C25H41N3O4. The Hall–Kier alpha value is -2.28. The Morgan fingerprint density at radius 1 is 1.19 bits per heavy atom. The number of hydrogen-bond acceptors (Lipinski definition) is 5. The van der Waals surface area contributed by atoms with E-state index in [9.17, 15) is 9.59 Å². The highest BCUT2D eigenvalue weighted by atomic mass is 16.6. The average Bonchev–Trinajstić information content (AvgIpc) is 2.71. The van der Waals surface area contributed by atoms with E-state index in [2.05, 4.69) is 24.5 Å². The van der Waals surface area contributed by atoms with Crippen LogP contribution in [0.1, 0.15) is 65.9 Å². The van der Waals surface area contributed by atoms with E-state index in [4.69, 9.17) is 9.47 Å². The standard InChI is InChI=1S/C25H41N3O4/c1-19(2)15-21-17-28(24(30)31-18-20-11-7-6-8-12-20)22(16-27-21)13-9-10-14-26-23(29)32-25(3,4)5/h6-8,11-12,19,21-22,27H,9-10,13-18H2,1-5H3,(H,26,29)/t21-,22+/m1/s1. The van der Waals surface area contributed by atoms with E-state index >= 15 is 0 Å². The van der Waals surface area contributed by atoms with Crippen molar-refractivity contribution in [3.8, 4) is 0 Å². The van der Waals surface area contributed by atoms with Crippen molar-refractivity contribution < 1.29 is 19.1 Å². The fourth-order valence-corrected chi connectivity index (χ4v) is 3.88. The van der Waals surface area contributed by atoms with Gasteiger partial charge in [-0.1, -0.05) is 44.2 Å². The highest BCUT2D eigenvalue weighted by molar-refractivity contribution is 5.68. The lowest BCUT2D eigenvalue weighted by Crippen LogP contribution is -2.58. The highest BCUT2D eigenvalue weighted by Gasteiger charge is 2.32. The molecule has 1 aromatic rings. The summed E-state index contributed by atoms with van der Waals surface area (Å²) in [6.07, 6.45) is 2.98. The Kier molecular flexibility index (Phi) is 10.3. The van der Waals surface area contributed by atoms with Crippen LogP contribution in [-0.2, 0) is 16.1 Å². The van der Waals surface area contributed by atoms with E-state index < -0.39 is 5.60 Å². The molecule has 1 fully saturated rings. The second-order valence-electron chi connectivity index (χ2n) is 10.0. The number of carbonyl (C=O) groups is 2. The Bertz CT molecular complexity index is 703. The number of amides is 2. The Labute approximate surface area is 193 Å². The normalized spacial score (nSPS) is 19.0. The van der Waals surface area contributed by atoms with Gasteiger partial charge in [0.2, 0.25) is 0 Å². The number of hydrogen-bond donors (Lipinski definition) is 2. The van der Waals surface area contributed by atoms with Crippen LogP contribution in [0.15, 0.2) is 30.3 Å². The zero-order chi connectivity index (χ0) is 23.6. The van der Waals surface area contributed by atoms with Gasteiger partial charge >= 0.3 is 12.2 Å². The molecule has 1 aromatic carbocycles. The minimum absolute atomic E-state index is 0.0863. The first kappa shape index (κ1) is 26.0. The van der Waals surface area contributed by atoms with Crippen molar-refractivity contribution in [3.05, 3.63) is 35.9 Å². The summed E-state index contributed by atoms with van der Waals surface area (Å²) in [5.41, 5.74) is 0.491. The first-order valence-corrected chi connectivity index (χ1v) is 11.8. The molecule has 0 aromatic heterocycles. The lowest BCUT2D eigenvalue weighted by atomic mass is 9.98. The summed E-state index contributed by atoms with van der Waals surface area (Å²) in [5.74, 6) is 0.560. The number of alkyl carbamates (subject to hydrolysis) is 1. The molecule has 1 heterocycles. The summed E-state index contributed by atoms with van der Waals surface area (Å²) in [5, 5.41) is 6.40. The number of benzene rings is 1. The van der Waals surface area contributed by atoms with Gasteiger partial charge in [-0.2, -0.15) is 0 Å². The lowest BCUT2D eigenvalue weighted by Gasteiger charge is -2.40. The summed E-state index contributed by atoms with van der Waals surface area (Å²) in [6, 6.07) is 10.1. The zero-order valence-electron chi connectivity index (χ0n) is 20.4. The maximum atomic E-state index is 12.9. The SMILES string of the molecule is CC(C)C[C@@H]1CN(C(=O)OCc2ccccc2)[C@@H](CCCCNC(=O)OC(C)(C)C)CN1. The van der Waals surface area contributed by atoms with Gasteiger partial charge in [0, 0.05) is 31.7 Å². The zero-order valence-corrected chi connectivity index (χ0v) is 20.4. The maximum Gasteiger partial charge on any atom is 0.410 e. The Morgan fingerprint density at radius 2 is 1.91 bits per heavy atom. The van der Waals surface area contributed by atoms with Crippen molar-refractivity contribution in [2.24, 2.45) is 5.92 Å². The molecular weight excluding hydrogens is 406 g/mol. The van der Waals surface area contributed by atoms with Crippen LogP contribution in [0.2, 0.25) is 0 Å². The van der Waals surface area contributed by atoms with E-state index in [1.165, 1.54) is 0 Å². The average molecular weight is 448 g/mol. The molecule has 1 aliphatic rings. The van der Waals surface area contributed by atoms with Gasteiger partial charge < -0.3 is 25.0 Å². The van der Waals surface area contributed by atoms with Crippen LogP contribution in [0.5, 0.6) is 0 Å². The Balaban J connectivity index is 1.83. The minimum atomic E-state index is -0.495. The van der Waals surface area contributed by atoms with E-state index in [1.807, 2.05) is 56.0 Å². The van der Waals surface area contributed by atoms with E-state index in [1.54, 1.807) is 0 Å². The van der Waals surface area contributed by atoms with Crippen LogP contribution in [0.3, 0.4) is 0 Å². The molecule has 0 unspecified atom stereocenters. The predicted octanol–water partition coefficient (Wildman–Crippen LogP) is 4.71. The van der Waals surface area contributed by atoms with Gasteiger partial charge in [0.05, 0.1) is 0 Å². The van der Waals surface area contributed by atoms with Gasteiger partial charge in [0.25, 0.3) is 0 Å². The summed E-state index contributed by atoms with van der Waals surface area (Å²) in [7, 11) is 0. The van der Waals surface area contributed by atoms with Crippen LogP contribution in [0.25, 0.3) is 0 Å². The number of piperazine rings is 1. The van der Waals surface area contributed by atoms with Gasteiger partial charge in [-0.15, -0.1) is 0 Å². The third kappa shape index (κ3) is 9.90. The largest absolute Gasteiger partial charge is 0.445 e. The molecule has 2 amide bonds. The number of rotatable bonds is 9. The van der Waals surface area contributed by atoms with Gasteiger partial charge in [0.15, 0.2) is 0 Å². The monoisotopic (exact) mass is 447 g/mol. The number of carbonyl (C=O) groups excluding carboxylic acids is 2. The topological polar surface area (TPSA) is 79.9 Å². The molecule has 2 N–H and O–H groups in total. The first-order valence-electron chi connectivity index (χ1n) is 11.8. The molecule has 2 rings (SSSR count). The van der Waals surface area contributed by atoms with Crippen molar-refractivity contribution in [1.29, 1.82) is 0 Å². The van der Waals surface area contributed by atoms with Crippen LogP contribution < -0.4 is 10.6 Å². The lowest BCUT2D eigenvalue weighted by molar-refractivity contribution is 0.0525. The fraction of sp³-hybridized carbons (Fsp3) is 0.680. The summed E-state index contributed by atoms with van der Waals surface area (Å²) in [6.45, 7) is 12.2. The number of ether oxygens (including phenoxy) is 2. The molecule has 0 radical (unpaired) electrons. The van der Waals surface area contributed by atoms with Crippen LogP contribution in [0, 0.1) is 5.92 Å². The Morgan fingerprint density at radius 3 is 2.56 bits per heavy atom. The maximum absolute atomic E-state index is 12.9.